The van der Waals surface area contributed by atoms with E-state index < -0.39 is 17.7 Å². The molecule has 6 heteroatoms. The van der Waals surface area contributed by atoms with E-state index in [0.717, 1.165) is 23.1 Å². The van der Waals surface area contributed by atoms with Crippen molar-refractivity contribution < 1.29 is 18.3 Å². The Bertz CT molecular complexity index is 448. The van der Waals surface area contributed by atoms with Crippen molar-refractivity contribution in [2.75, 3.05) is 31.7 Å². The van der Waals surface area contributed by atoms with Gasteiger partial charge in [0.1, 0.15) is 17.7 Å². The predicted molar refractivity (Wildman–Crippen MR) is 62.4 cm³/mol. The summed E-state index contributed by atoms with van der Waals surface area (Å²) in [5.41, 5.74) is -0.0765. The van der Waals surface area contributed by atoms with Crippen LogP contribution in [0.15, 0.2) is 18.2 Å². The van der Waals surface area contributed by atoms with Crippen molar-refractivity contribution in [3.63, 3.8) is 0 Å². The maximum Gasteiger partial charge on any atom is 0.246 e. The van der Waals surface area contributed by atoms with Crippen LogP contribution in [0.3, 0.4) is 0 Å². The molecule has 18 heavy (non-hydrogen) atoms. The molecular weight excluding hydrogens is 242 g/mol. The van der Waals surface area contributed by atoms with Crippen LogP contribution in [0.2, 0.25) is 0 Å². The number of carbonyl (C=O) groups excluding carboxylic acids is 1. The molecule has 1 N–H and O–H groups in total. The number of benzene rings is 1. The lowest BCUT2D eigenvalue weighted by Gasteiger charge is -2.27. The first-order valence-corrected chi connectivity index (χ1v) is 5.63. The van der Waals surface area contributed by atoms with E-state index in [1.807, 2.05) is 0 Å². The van der Waals surface area contributed by atoms with Crippen molar-refractivity contribution in [2.45, 2.75) is 6.04 Å². The summed E-state index contributed by atoms with van der Waals surface area (Å²) in [5.74, 6) is -1.57. The molecule has 2 rings (SSSR count). The zero-order chi connectivity index (χ0) is 13.1. The van der Waals surface area contributed by atoms with Crippen LogP contribution < -0.4 is 10.2 Å². The molecule has 0 aliphatic carbocycles. The van der Waals surface area contributed by atoms with Gasteiger partial charge in [0, 0.05) is 19.7 Å². The lowest BCUT2D eigenvalue weighted by Crippen LogP contribution is -2.51. The molecule has 98 valence electrons. The normalized spacial score (nSPS) is 19.6. The summed E-state index contributed by atoms with van der Waals surface area (Å²) in [5, 5.41) is 2.97. The van der Waals surface area contributed by atoms with Crippen LogP contribution in [0, 0.1) is 11.6 Å². The number of morpholine rings is 1. The van der Waals surface area contributed by atoms with Gasteiger partial charge in [0.2, 0.25) is 5.91 Å². The van der Waals surface area contributed by atoms with Gasteiger partial charge in [-0.25, -0.2) is 8.78 Å². The first kappa shape index (κ1) is 12.9. The number of rotatable bonds is 2. The van der Waals surface area contributed by atoms with Crippen molar-refractivity contribution in [2.24, 2.45) is 0 Å². The van der Waals surface area contributed by atoms with Gasteiger partial charge in [-0.2, -0.15) is 0 Å². The van der Waals surface area contributed by atoms with E-state index in [1.54, 1.807) is 0 Å². The molecule has 0 spiro atoms. The summed E-state index contributed by atoms with van der Waals surface area (Å²) in [6.07, 6.45) is 0. The molecule has 0 radical (unpaired) electrons. The minimum atomic E-state index is -0.635. The average Bonchev–Trinajstić information content (AvgIpc) is 2.41. The molecule has 1 fully saturated rings. The van der Waals surface area contributed by atoms with Crippen LogP contribution in [0.5, 0.6) is 0 Å². The molecule has 0 saturated carbocycles. The third-order valence-corrected chi connectivity index (χ3v) is 2.82. The first-order chi connectivity index (χ1) is 8.59. The third-order valence-electron chi connectivity index (χ3n) is 2.82. The monoisotopic (exact) mass is 256 g/mol. The lowest BCUT2D eigenvalue weighted by atomic mass is 10.2. The Morgan fingerprint density at radius 2 is 2.28 bits per heavy atom. The van der Waals surface area contributed by atoms with Gasteiger partial charge in [-0.05, 0) is 12.1 Å². The predicted octanol–water partition coefficient (Wildman–Crippen LogP) is 0.916. The molecule has 0 bridgehead atoms. The smallest absolute Gasteiger partial charge is 0.246 e. The van der Waals surface area contributed by atoms with Gasteiger partial charge in [0.05, 0.1) is 18.9 Å². The highest BCUT2D eigenvalue weighted by Crippen LogP contribution is 2.20. The summed E-state index contributed by atoms with van der Waals surface area (Å²) in [6, 6.07) is 2.49. The number of halogens is 2. The number of amides is 1. The molecular formula is C12H14F2N2O2. The molecule has 1 saturated heterocycles. The van der Waals surface area contributed by atoms with Crippen molar-refractivity contribution in [1.82, 2.24) is 5.32 Å². The second-order valence-electron chi connectivity index (χ2n) is 4.07. The van der Waals surface area contributed by atoms with Crippen LogP contribution >= 0.6 is 0 Å². The number of hydrogen-bond donors (Lipinski definition) is 1. The van der Waals surface area contributed by atoms with Gasteiger partial charge in [0.15, 0.2) is 0 Å². The number of nitrogens with zero attached hydrogens (tertiary/aromatic N) is 1. The van der Waals surface area contributed by atoms with E-state index in [4.69, 9.17) is 4.74 Å². The summed E-state index contributed by atoms with van der Waals surface area (Å²) in [4.78, 5) is 13.2. The van der Waals surface area contributed by atoms with Gasteiger partial charge in [-0.3, -0.25) is 4.79 Å². The lowest BCUT2D eigenvalue weighted by molar-refractivity contribution is -0.123. The van der Waals surface area contributed by atoms with Crippen LogP contribution in [0.25, 0.3) is 0 Å². The van der Waals surface area contributed by atoms with Crippen molar-refractivity contribution >= 4 is 11.6 Å². The SMILES string of the molecule is CN(C(=O)C1COCCN1)c1cc(F)ccc1F. The molecule has 0 aromatic heterocycles. The van der Waals surface area contributed by atoms with Crippen LogP contribution in [-0.2, 0) is 9.53 Å². The number of ether oxygens (including phenoxy) is 1. The average molecular weight is 256 g/mol. The summed E-state index contributed by atoms with van der Waals surface area (Å²) in [6.45, 7) is 1.35. The highest BCUT2D eigenvalue weighted by Gasteiger charge is 2.26. The first-order valence-electron chi connectivity index (χ1n) is 5.63. The summed E-state index contributed by atoms with van der Waals surface area (Å²) in [7, 11) is 1.41. The number of carbonyl (C=O) groups is 1. The third kappa shape index (κ3) is 2.65. The minimum Gasteiger partial charge on any atom is -0.378 e. The fraction of sp³-hybridized carbons (Fsp3) is 0.417. The van der Waals surface area contributed by atoms with Gasteiger partial charge in [-0.1, -0.05) is 0 Å². The van der Waals surface area contributed by atoms with E-state index in [0.29, 0.717) is 13.2 Å². The molecule has 1 aromatic carbocycles. The second kappa shape index (κ2) is 5.41. The van der Waals surface area contributed by atoms with E-state index in [2.05, 4.69) is 5.32 Å². The van der Waals surface area contributed by atoms with E-state index in [9.17, 15) is 13.6 Å². The van der Waals surface area contributed by atoms with Crippen LogP contribution in [-0.4, -0.2) is 38.8 Å². The Kier molecular flexibility index (Phi) is 3.88. The molecule has 1 atom stereocenters. The number of anilines is 1. The quantitative estimate of drug-likeness (QED) is 0.855. The molecule has 1 heterocycles. The zero-order valence-electron chi connectivity index (χ0n) is 9.95. The Balaban J connectivity index is 2.16. The molecule has 1 aliphatic heterocycles. The Morgan fingerprint density at radius 3 is 2.94 bits per heavy atom. The van der Waals surface area contributed by atoms with Crippen LogP contribution in [0.1, 0.15) is 0 Å². The number of hydrogen-bond acceptors (Lipinski definition) is 3. The number of likely N-dealkylation sites (N-methyl/N-ethyl adjacent to an activating group) is 1. The topological polar surface area (TPSA) is 41.6 Å². The number of nitrogens with one attached hydrogen (secondary N) is 1. The van der Waals surface area contributed by atoms with Gasteiger partial charge in [0.25, 0.3) is 0 Å². The van der Waals surface area contributed by atoms with E-state index in [1.165, 1.54) is 7.05 Å². The Morgan fingerprint density at radius 1 is 1.50 bits per heavy atom. The fourth-order valence-electron chi connectivity index (χ4n) is 1.82. The van der Waals surface area contributed by atoms with E-state index in [-0.39, 0.29) is 18.2 Å². The molecule has 4 nitrogen and oxygen atoms in total. The standard InChI is InChI=1S/C12H14F2N2O2/c1-16(11-6-8(13)2-3-9(11)14)12(17)10-7-18-5-4-15-10/h2-3,6,10,15H,4-5,7H2,1H3. The molecule has 1 aliphatic rings. The van der Waals surface area contributed by atoms with Crippen LogP contribution in [0.4, 0.5) is 14.5 Å². The van der Waals surface area contributed by atoms with Crippen molar-refractivity contribution in [3.05, 3.63) is 29.8 Å². The Hall–Kier alpha value is -1.53. The van der Waals surface area contributed by atoms with Crippen molar-refractivity contribution in [3.8, 4) is 0 Å². The highest BCUT2D eigenvalue weighted by atomic mass is 19.1. The molecule has 1 amide bonds. The van der Waals surface area contributed by atoms with E-state index >= 15 is 0 Å². The second-order valence-corrected chi connectivity index (χ2v) is 4.07. The summed E-state index contributed by atoms with van der Waals surface area (Å²) < 4.78 is 31.8. The molecule has 1 unspecified atom stereocenters. The maximum absolute atomic E-state index is 13.5. The highest BCUT2D eigenvalue weighted by molar-refractivity contribution is 5.97. The zero-order valence-corrected chi connectivity index (χ0v) is 9.95. The van der Waals surface area contributed by atoms with Gasteiger partial charge >= 0.3 is 0 Å². The van der Waals surface area contributed by atoms with Gasteiger partial charge in [-0.15, -0.1) is 0 Å². The fourth-order valence-corrected chi connectivity index (χ4v) is 1.82. The van der Waals surface area contributed by atoms with Gasteiger partial charge < -0.3 is 15.0 Å². The largest absolute Gasteiger partial charge is 0.378 e. The maximum atomic E-state index is 13.5. The van der Waals surface area contributed by atoms with Crippen molar-refractivity contribution in [1.29, 1.82) is 0 Å². The summed E-state index contributed by atoms with van der Waals surface area (Å²) >= 11 is 0. The minimum absolute atomic E-state index is 0.0765. The molecule has 1 aromatic rings. The Labute approximate surface area is 104 Å².